The molecule has 1 aromatic carbocycles. The highest BCUT2D eigenvalue weighted by Crippen LogP contribution is 2.25. The van der Waals surface area contributed by atoms with Gasteiger partial charge >= 0.3 is 5.97 Å². The first-order valence-corrected chi connectivity index (χ1v) is 8.63. The van der Waals surface area contributed by atoms with Gasteiger partial charge in [0.25, 0.3) is 0 Å². The normalized spacial score (nSPS) is 10.4. The molecule has 0 spiro atoms. The average molecular weight is 363 g/mol. The van der Waals surface area contributed by atoms with Crippen LogP contribution in [0.25, 0.3) is 5.76 Å². The van der Waals surface area contributed by atoms with Crippen molar-refractivity contribution in [2.45, 2.75) is 26.8 Å². The zero-order chi connectivity index (χ0) is 18.2. The quantitative estimate of drug-likeness (QED) is 0.494. The van der Waals surface area contributed by atoms with Crippen molar-refractivity contribution >= 4 is 29.0 Å². The van der Waals surface area contributed by atoms with Crippen molar-refractivity contribution in [3.63, 3.8) is 0 Å². The second kappa shape index (κ2) is 9.18. The molecule has 6 heteroatoms. The number of esters is 1. The predicted octanol–water partition coefficient (Wildman–Crippen LogP) is 4.85. The van der Waals surface area contributed by atoms with Crippen molar-refractivity contribution in [3.05, 3.63) is 58.9 Å². The average Bonchev–Trinajstić information content (AvgIpc) is 3.07. The molecule has 25 heavy (non-hydrogen) atoms. The summed E-state index contributed by atoms with van der Waals surface area (Å²) in [6.07, 6.45) is 2.60. The summed E-state index contributed by atoms with van der Waals surface area (Å²) in [4.78, 5) is 14.8. The van der Waals surface area contributed by atoms with Gasteiger partial charge in [0.1, 0.15) is 11.5 Å². The molecule has 0 saturated heterocycles. The summed E-state index contributed by atoms with van der Waals surface area (Å²) in [6.45, 7) is 9.22. The van der Waals surface area contributed by atoms with Crippen molar-refractivity contribution in [3.8, 4) is 0 Å². The maximum absolute atomic E-state index is 11.9. The molecular weight excluding hydrogens is 340 g/mol. The Balaban J connectivity index is 2.15. The second-order valence-corrected chi connectivity index (χ2v) is 5.85. The smallest absolute Gasteiger partial charge is 0.356 e. The molecule has 1 aromatic heterocycles. The fourth-order valence-corrected chi connectivity index (χ4v) is 2.52. The second-order valence-electron chi connectivity index (χ2n) is 5.41. The summed E-state index contributed by atoms with van der Waals surface area (Å²) < 4.78 is 10.7. The summed E-state index contributed by atoms with van der Waals surface area (Å²) in [5.74, 6) is 0.197. The van der Waals surface area contributed by atoms with Gasteiger partial charge in [0.05, 0.1) is 18.9 Å². The third-order valence-electron chi connectivity index (χ3n) is 3.55. The molecule has 0 atom stereocenters. The Kier molecular flexibility index (Phi) is 6.95. The predicted molar refractivity (Wildman–Crippen MR) is 101 cm³/mol. The van der Waals surface area contributed by atoms with Gasteiger partial charge in [-0.15, -0.1) is 0 Å². The molecule has 0 aliphatic carbocycles. The van der Waals surface area contributed by atoms with E-state index in [0.29, 0.717) is 41.9 Å². The van der Waals surface area contributed by atoms with Crippen LogP contribution in [-0.2, 0) is 16.0 Å². The molecule has 2 rings (SSSR count). The van der Waals surface area contributed by atoms with E-state index in [1.54, 1.807) is 19.2 Å². The van der Waals surface area contributed by atoms with Crippen LogP contribution in [0.2, 0.25) is 5.02 Å². The van der Waals surface area contributed by atoms with E-state index in [0.717, 1.165) is 17.5 Å². The van der Waals surface area contributed by atoms with Crippen molar-refractivity contribution in [2.75, 3.05) is 18.5 Å². The molecule has 0 radical (unpaired) electrons. The number of aromatic nitrogens is 1. The van der Waals surface area contributed by atoms with E-state index >= 15 is 0 Å². The highest BCUT2D eigenvalue weighted by molar-refractivity contribution is 6.30. The molecule has 2 aromatic rings. The Labute approximate surface area is 153 Å². The number of benzene rings is 1. The van der Waals surface area contributed by atoms with Crippen LogP contribution in [0.3, 0.4) is 0 Å². The van der Waals surface area contributed by atoms with Gasteiger partial charge in [-0.05, 0) is 37.1 Å². The fraction of sp³-hybridized carbons (Fsp3) is 0.316. The summed E-state index contributed by atoms with van der Waals surface area (Å²) in [6, 6.07) is 7.37. The molecule has 0 aliphatic heterocycles. The van der Waals surface area contributed by atoms with Crippen molar-refractivity contribution in [2.24, 2.45) is 0 Å². The largest absolute Gasteiger partial charge is 0.494 e. The molecular formula is C19H23ClN2O3. The van der Waals surface area contributed by atoms with E-state index in [1.807, 2.05) is 25.1 Å². The maximum atomic E-state index is 11.9. The summed E-state index contributed by atoms with van der Waals surface area (Å²) in [7, 11) is 0. The molecule has 1 heterocycles. The molecule has 134 valence electrons. The monoisotopic (exact) mass is 362 g/mol. The molecule has 0 fully saturated rings. The first-order valence-electron chi connectivity index (χ1n) is 8.25. The number of aromatic amines is 1. The van der Waals surface area contributed by atoms with Gasteiger partial charge in [0, 0.05) is 23.3 Å². The van der Waals surface area contributed by atoms with Crippen LogP contribution in [-0.4, -0.2) is 24.2 Å². The van der Waals surface area contributed by atoms with Gasteiger partial charge in [-0.3, -0.25) is 0 Å². The number of carbonyl (C=O) groups excluding carboxylic acids is 1. The minimum Gasteiger partial charge on any atom is -0.494 e. The lowest BCUT2D eigenvalue weighted by atomic mass is 10.1. The maximum Gasteiger partial charge on any atom is 0.356 e. The number of ether oxygens (including phenoxy) is 2. The Hall–Kier alpha value is -2.40. The van der Waals surface area contributed by atoms with E-state index < -0.39 is 0 Å². The molecule has 0 amide bonds. The minimum absolute atomic E-state index is 0.327. The first kappa shape index (κ1) is 18.9. The Morgan fingerprint density at radius 3 is 2.80 bits per heavy atom. The first-order chi connectivity index (χ1) is 12.1. The number of halogens is 1. The lowest BCUT2D eigenvalue weighted by Gasteiger charge is -2.15. The van der Waals surface area contributed by atoms with Crippen LogP contribution in [0.1, 0.15) is 41.9 Å². The number of hydrogen-bond donors (Lipinski definition) is 2. The summed E-state index contributed by atoms with van der Waals surface area (Å²) >= 11 is 6.11. The van der Waals surface area contributed by atoms with Gasteiger partial charge in [0.15, 0.2) is 0 Å². The third kappa shape index (κ3) is 5.03. The van der Waals surface area contributed by atoms with Crippen molar-refractivity contribution in [1.29, 1.82) is 0 Å². The van der Waals surface area contributed by atoms with Crippen LogP contribution < -0.4 is 5.32 Å². The van der Waals surface area contributed by atoms with E-state index in [9.17, 15) is 4.79 Å². The SMILES string of the molecule is C=C(OCCC)c1cc(Cl)ccc1CNc1cc[nH]c1C(=O)OCC. The fourth-order valence-electron chi connectivity index (χ4n) is 2.34. The Bertz CT molecular complexity index is 740. The topological polar surface area (TPSA) is 63.3 Å². The lowest BCUT2D eigenvalue weighted by Crippen LogP contribution is -2.10. The van der Waals surface area contributed by atoms with E-state index in [1.165, 1.54) is 0 Å². The molecule has 2 N–H and O–H groups in total. The Morgan fingerprint density at radius 2 is 2.08 bits per heavy atom. The number of H-pyrrole nitrogens is 1. The van der Waals surface area contributed by atoms with Gasteiger partial charge in [-0.2, -0.15) is 0 Å². The lowest BCUT2D eigenvalue weighted by molar-refractivity contribution is 0.0521. The zero-order valence-electron chi connectivity index (χ0n) is 14.5. The van der Waals surface area contributed by atoms with Crippen molar-refractivity contribution < 1.29 is 14.3 Å². The van der Waals surface area contributed by atoms with Gasteiger partial charge in [-0.1, -0.05) is 31.2 Å². The Morgan fingerprint density at radius 1 is 1.28 bits per heavy atom. The van der Waals surface area contributed by atoms with Crippen LogP contribution in [0.15, 0.2) is 37.0 Å². The number of nitrogens with one attached hydrogen (secondary N) is 2. The van der Waals surface area contributed by atoms with E-state index in [2.05, 4.69) is 16.9 Å². The highest BCUT2D eigenvalue weighted by Gasteiger charge is 2.15. The van der Waals surface area contributed by atoms with E-state index in [-0.39, 0.29) is 5.97 Å². The molecule has 0 saturated carbocycles. The standard InChI is InChI=1S/C19H23ClN2O3/c1-4-10-25-13(3)16-11-15(20)7-6-14(16)12-22-17-8-9-21-18(17)19(23)24-5-2/h6-9,11,21-22H,3-5,10,12H2,1-2H3. The highest BCUT2D eigenvalue weighted by atomic mass is 35.5. The number of hydrogen-bond acceptors (Lipinski definition) is 4. The molecule has 5 nitrogen and oxygen atoms in total. The third-order valence-corrected chi connectivity index (χ3v) is 3.78. The van der Waals surface area contributed by atoms with Gasteiger partial charge in [-0.25, -0.2) is 4.79 Å². The van der Waals surface area contributed by atoms with Crippen LogP contribution in [0.5, 0.6) is 0 Å². The van der Waals surface area contributed by atoms with E-state index in [4.69, 9.17) is 21.1 Å². The van der Waals surface area contributed by atoms with Crippen molar-refractivity contribution in [1.82, 2.24) is 4.98 Å². The van der Waals surface area contributed by atoms with Crippen LogP contribution in [0.4, 0.5) is 5.69 Å². The number of anilines is 1. The van der Waals surface area contributed by atoms with Gasteiger partial charge < -0.3 is 19.8 Å². The molecule has 0 unspecified atom stereocenters. The minimum atomic E-state index is -0.387. The molecule has 0 aliphatic rings. The summed E-state index contributed by atoms with van der Waals surface area (Å²) in [5, 5.41) is 3.87. The zero-order valence-corrected chi connectivity index (χ0v) is 15.3. The number of carbonyl (C=O) groups is 1. The molecule has 0 bridgehead atoms. The summed E-state index contributed by atoms with van der Waals surface area (Å²) in [5.41, 5.74) is 2.90. The van der Waals surface area contributed by atoms with Crippen LogP contribution in [0, 0.1) is 0 Å². The van der Waals surface area contributed by atoms with Crippen LogP contribution >= 0.6 is 11.6 Å². The van der Waals surface area contributed by atoms with Gasteiger partial charge in [0.2, 0.25) is 0 Å². The number of rotatable bonds is 9.